The summed E-state index contributed by atoms with van der Waals surface area (Å²) in [6, 6.07) is 4.14. The van der Waals surface area contributed by atoms with Crippen molar-refractivity contribution in [2.24, 2.45) is 5.92 Å². The molecule has 1 atom stereocenters. The van der Waals surface area contributed by atoms with Gasteiger partial charge in [0.15, 0.2) is 0 Å². The molecule has 2 fully saturated rings. The minimum atomic E-state index is -0.0704. The average Bonchev–Trinajstić information content (AvgIpc) is 3.20. The lowest BCUT2D eigenvalue weighted by Crippen LogP contribution is -2.45. The summed E-state index contributed by atoms with van der Waals surface area (Å²) < 4.78 is 0. The van der Waals surface area contributed by atoms with Gasteiger partial charge in [-0.25, -0.2) is 4.98 Å². The molecule has 29 heavy (non-hydrogen) atoms. The minimum absolute atomic E-state index is 0.0255. The molecule has 0 unspecified atom stereocenters. The highest BCUT2D eigenvalue weighted by molar-refractivity contribution is 7.09. The van der Waals surface area contributed by atoms with Crippen LogP contribution in [0.2, 0.25) is 0 Å². The molecule has 7 heteroatoms. The first-order valence-electron chi connectivity index (χ1n) is 10.9. The molecule has 6 nitrogen and oxygen atoms in total. The van der Waals surface area contributed by atoms with E-state index in [1.165, 1.54) is 4.88 Å². The number of hydrogen-bond acceptors (Lipinski definition) is 5. The van der Waals surface area contributed by atoms with Gasteiger partial charge in [0.2, 0.25) is 5.91 Å². The molecular formula is C22H28N4O2S. The third kappa shape index (κ3) is 3.78. The third-order valence-electron chi connectivity index (χ3n) is 6.68. The van der Waals surface area contributed by atoms with Gasteiger partial charge in [-0.3, -0.25) is 14.5 Å². The lowest BCUT2D eigenvalue weighted by molar-refractivity contribution is -0.142. The number of fused-ring (bicyclic) bond motifs is 1. The van der Waals surface area contributed by atoms with Gasteiger partial charge in [0, 0.05) is 43.4 Å². The zero-order valence-electron chi connectivity index (χ0n) is 16.7. The van der Waals surface area contributed by atoms with Gasteiger partial charge in [-0.1, -0.05) is 12.5 Å². The van der Waals surface area contributed by atoms with Gasteiger partial charge in [0.1, 0.15) is 5.82 Å². The van der Waals surface area contributed by atoms with Crippen LogP contribution in [0.25, 0.3) is 0 Å². The Hall–Kier alpha value is -1.99. The normalized spacial score (nSPS) is 22.9. The van der Waals surface area contributed by atoms with E-state index in [0.717, 1.165) is 75.8 Å². The molecule has 2 aliphatic heterocycles. The van der Waals surface area contributed by atoms with Crippen LogP contribution in [0.5, 0.6) is 0 Å². The van der Waals surface area contributed by atoms with E-state index in [9.17, 15) is 9.59 Å². The smallest absolute Gasteiger partial charge is 0.255 e. The van der Waals surface area contributed by atoms with Crippen LogP contribution in [0.15, 0.2) is 22.3 Å². The van der Waals surface area contributed by atoms with Gasteiger partial charge in [0.25, 0.3) is 5.56 Å². The predicted octanol–water partition coefficient (Wildman–Crippen LogP) is 3.24. The number of thiophene rings is 1. The summed E-state index contributed by atoms with van der Waals surface area (Å²) >= 11 is 1.75. The molecule has 1 N–H and O–H groups in total. The Kier molecular flexibility index (Phi) is 5.26. The number of carbonyl (C=O) groups is 1. The number of piperidine rings is 1. The molecule has 3 aliphatic rings. The maximum absolute atomic E-state index is 12.9. The van der Waals surface area contributed by atoms with E-state index in [1.54, 1.807) is 11.3 Å². The van der Waals surface area contributed by atoms with Crippen molar-refractivity contribution in [3.63, 3.8) is 0 Å². The molecule has 1 amide bonds. The first-order valence-corrected chi connectivity index (χ1v) is 11.7. The minimum Gasteiger partial charge on any atom is -0.332 e. The number of likely N-dealkylation sites (tertiary alicyclic amines) is 1. The van der Waals surface area contributed by atoms with E-state index in [-0.39, 0.29) is 23.4 Å². The number of nitrogens with zero attached hydrogens (tertiary/aromatic N) is 3. The number of rotatable bonds is 4. The van der Waals surface area contributed by atoms with Gasteiger partial charge >= 0.3 is 0 Å². The summed E-state index contributed by atoms with van der Waals surface area (Å²) in [5, 5.41) is 2.09. The van der Waals surface area contributed by atoms with Crippen molar-refractivity contribution in [2.45, 2.75) is 64.1 Å². The molecule has 2 aromatic heterocycles. The highest BCUT2D eigenvalue weighted by atomic mass is 32.1. The lowest BCUT2D eigenvalue weighted by Gasteiger charge is -2.39. The molecular weight excluding hydrogens is 384 g/mol. The molecule has 0 spiro atoms. The van der Waals surface area contributed by atoms with Crippen molar-refractivity contribution >= 4 is 17.2 Å². The Bertz CT molecular complexity index is 935. The molecule has 1 aliphatic carbocycles. The highest BCUT2D eigenvalue weighted by Crippen LogP contribution is 2.35. The molecule has 5 rings (SSSR count). The number of aromatic amines is 1. The summed E-state index contributed by atoms with van der Waals surface area (Å²) in [4.78, 5) is 39.5. The fourth-order valence-electron chi connectivity index (χ4n) is 4.79. The van der Waals surface area contributed by atoms with E-state index in [1.807, 2.05) is 4.90 Å². The number of nitrogens with one attached hydrogen (secondary N) is 1. The van der Waals surface area contributed by atoms with Crippen LogP contribution in [-0.2, 0) is 24.3 Å². The molecule has 0 radical (unpaired) electrons. The predicted molar refractivity (Wildman–Crippen MR) is 113 cm³/mol. The van der Waals surface area contributed by atoms with Crippen LogP contribution in [0.4, 0.5) is 0 Å². The Balaban J connectivity index is 1.37. The number of hydrogen-bond donors (Lipinski definition) is 1. The number of amides is 1. The number of aromatic nitrogens is 2. The summed E-state index contributed by atoms with van der Waals surface area (Å²) in [5.74, 6) is 1.15. The van der Waals surface area contributed by atoms with Gasteiger partial charge in [-0.15, -0.1) is 11.3 Å². The van der Waals surface area contributed by atoms with Crippen molar-refractivity contribution in [2.75, 3.05) is 13.1 Å². The van der Waals surface area contributed by atoms with Crippen molar-refractivity contribution in [1.82, 2.24) is 19.8 Å². The van der Waals surface area contributed by atoms with Crippen LogP contribution >= 0.6 is 11.3 Å². The Morgan fingerprint density at radius 2 is 2.10 bits per heavy atom. The standard InChI is InChI=1S/C22H28N4O2S/c27-21-17-14-25(13-16-7-4-12-29-16)11-9-18(17)23-20(24-21)19-8-1-2-10-26(19)22(28)15-5-3-6-15/h4,7,12,15,19H,1-3,5-6,8-11,13-14H2,(H,23,24,27)/t19-/m0/s1. The monoisotopic (exact) mass is 412 g/mol. The third-order valence-corrected chi connectivity index (χ3v) is 7.54. The van der Waals surface area contributed by atoms with Crippen molar-refractivity contribution in [1.29, 1.82) is 0 Å². The Morgan fingerprint density at radius 1 is 1.21 bits per heavy atom. The molecule has 154 valence electrons. The largest absolute Gasteiger partial charge is 0.332 e. The fourth-order valence-corrected chi connectivity index (χ4v) is 5.53. The van der Waals surface area contributed by atoms with Crippen molar-refractivity contribution in [3.8, 4) is 0 Å². The van der Waals surface area contributed by atoms with Gasteiger partial charge in [-0.2, -0.15) is 0 Å². The first-order chi connectivity index (χ1) is 14.2. The molecule has 1 saturated heterocycles. The SMILES string of the molecule is O=C(C1CCC1)N1CCCC[C@H]1c1nc2c(c(=O)[nH]1)CN(Cc1cccs1)CC2. The summed E-state index contributed by atoms with van der Waals surface area (Å²) in [5.41, 5.74) is 1.69. The molecule has 0 aromatic carbocycles. The van der Waals surface area contributed by atoms with E-state index in [0.29, 0.717) is 12.4 Å². The van der Waals surface area contributed by atoms with Crippen LogP contribution < -0.4 is 5.56 Å². The van der Waals surface area contributed by atoms with Crippen LogP contribution in [0, 0.1) is 5.92 Å². The first kappa shape index (κ1) is 19.0. The van der Waals surface area contributed by atoms with Crippen LogP contribution in [0.3, 0.4) is 0 Å². The highest BCUT2D eigenvalue weighted by Gasteiger charge is 2.36. The maximum Gasteiger partial charge on any atom is 0.255 e. The molecule has 1 saturated carbocycles. The second kappa shape index (κ2) is 8.03. The average molecular weight is 413 g/mol. The molecule has 2 aromatic rings. The summed E-state index contributed by atoms with van der Waals surface area (Å²) in [7, 11) is 0. The van der Waals surface area contributed by atoms with E-state index < -0.39 is 0 Å². The van der Waals surface area contributed by atoms with Crippen molar-refractivity contribution < 1.29 is 4.79 Å². The molecule has 4 heterocycles. The van der Waals surface area contributed by atoms with Gasteiger partial charge in [-0.05, 0) is 43.6 Å². The van der Waals surface area contributed by atoms with Gasteiger partial charge in [0.05, 0.1) is 17.3 Å². The fraction of sp³-hybridized carbons (Fsp3) is 0.591. The maximum atomic E-state index is 12.9. The summed E-state index contributed by atoms with van der Waals surface area (Å²) in [6.07, 6.45) is 6.99. The lowest BCUT2D eigenvalue weighted by atomic mass is 9.83. The Labute approximate surface area is 175 Å². The van der Waals surface area contributed by atoms with E-state index >= 15 is 0 Å². The quantitative estimate of drug-likeness (QED) is 0.837. The second-order valence-electron chi connectivity index (χ2n) is 8.59. The zero-order chi connectivity index (χ0) is 19.8. The molecule has 0 bridgehead atoms. The Morgan fingerprint density at radius 3 is 2.86 bits per heavy atom. The van der Waals surface area contributed by atoms with Crippen LogP contribution in [0.1, 0.15) is 66.5 Å². The van der Waals surface area contributed by atoms with E-state index in [2.05, 4.69) is 27.4 Å². The second-order valence-corrected chi connectivity index (χ2v) is 9.62. The number of H-pyrrole nitrogens is 1. The van der Waals surface area contributed by atoms with Crippen LogP contribution in [-0.4, -0.2) is 38.8 Å². The van der Waals surface area contributed by atoms with Crippen molar-refractivity contribution in [3.05, 3.63) is 49.8 Å². The topological polar surface area (TPSA) is 69.3 Å². The summed E-state index contributed by atoms with van der Waals surface area (Å²) in [6.45, 7) is 3.22. The van der Waals surface area contributed by atoms with Gasteiger partial charge < -0.3 is 9.88 Å². The number of carbonyl (C=O) groups excluding carboxylic acids is 1. The zero-order valence-corrected chi connectivity index (χ0v) is 17.5. The van der Waals surface area contributed by atoms with E-state index in [4.69, 9.17) is 4.98 Å².